The lowest BCUT2D eigenvalue weighted by atomic mass is 10.2. The average Bonchev–Trinajstić information content (AvgIpc) is 2.45. The molecule has 1 aromatic rings. The highest BCUT2D eigenvalue weighted by Crippen LogP contribution is 2.28. The van der Waals surface area contributed by atoms with Crippen molar-refractivity contribution < 1.29 is 23.5 Å². The van der Waals surface area contributed by atoms with Crippen LogP contribution in [-0.4, -0.2) is 32.1 Å². The maximum Gasteiger partial charge on any atom is 0.330 e. The summed E-state index contributed by atoms with van der Waals surface area (Å²) in [5, 5.41) is 2.41. The van der Waals surface area contributed by atoms with Crippen LogP contribution in [-0.2, 0) is 14.3 Å². The zero-order valence-corrected chi connectivity index (χ0v) is 12.4. The van der Waals surface area contributed by atoms with E-state index >= 15 is 0 Å². The Morgan fingerprint density at radius 1 is 1.43 bits per heavy atom. The second-order valence-electron chi connectivity index (χ2n) is 3.85. The number of nitrogens with one attached hydrogen (secondary N) is 1. The summed E-state index contributed by atoms with van der Waals surface area (Å²) in [6.07, 6.45) is 2.34. The Bertz CT molecular complexity index is 560. The van der Waals surface area contributed by atoms with Gasteiger partial charge >= 0.3 is 5.97 Å². The number of hydrogen-bond acceptors (Lipinski definition) is 4. The molecule has 0 aliphatic carbocycles. The Morgan fingerprint density at radius 3 is 2.76 bits per heavy atom. The number of halogens is 2. The Balaban J connectivity index is 2.90. The lowest BCUT2D eigenvalue weighted by molar-refractivity contribution is -0.137. The van der Waals surface area contributed by atoms with E-state index in [1.165, 1.54) is 19.2 Å². The van der Waals surface area contributed by atoms with Crippen molar-refractivity contribution in [2.24, 2.45) is 0 Å². The summed E-state index contributed by atoms with van der Waals surface area (Å²) in [6.45, 7) is 1.65. The fourth-order valence-corrected chi connectivity index (χ4v) is 1.55. The van der Waals surface area contributed by atoms with Gasteiger partial charge in [0.15, 0.2) is 6.61 Å². The predicted octanol–water partition coefficient (Wildman–Crippen LogP) is 2.18. The van der Waals surface area contributed by atoms with Gasteiger partial charge in [-0.1, -0.05) is 11.6 Å². The molecule has 7 heteroatoms. The molecule has 1 aromatic carbocycles. The molecule has 1 rings (SSSR count). The highest BCUT2D eigenvalue weighted by Gasteiger charge is 2.10. The van der Waals surface area contributed by atoms with Gasteiger partial charge in [0.25, 0.3) is 5.91 Å². The van der Waals surface area contributed by atoms with Crippen molar-refractivity contribution in [3.8, 4) is 5.75 Å². The highest BCUT2D eigenvalue weighted by atomic mass is 35.5. The first-order chi connectivity index (χ1) is 9.97. The Hall–Kier alpha value is -2.08. The molecule has 1 amide bonds. The van der Waals surface area contributed by atoms with Crippen LogP contribution in [0, 0.1) is 5.82 Å². The monoisotopic (exact) mass is 315 g/mol. The third-order valence-electron chi connectivity index (χ3n) is 2.37. The molecule has 1 N–H and O–H groups in total. The summed E-state index contributed by atoms with van der Waals surface area (Å²) < 4.78 is 23.6. The van der Waals surface area contributed by atoms with Crippen LogP contribution in [0.3, 0.4) is 0 Å². The van der Waals surface area contributed by atoms with Gasteiger partial charge in [0, 0.05) is 18.7 Å². The number of likely N-dealkylation sites (N-methyl/N-ethyl adjacent to an activating group) is 1. The van der Waals surface area contributed by atoms with Crippen molar-refractivity contribution in [1.82, 2.24) is 5.32 Å². The van der Waals surface area contributed by atoms with E-state index in [-0.39, 0.29) is 35.5 Å². The number of ether oxygens (including phenoxy) is 2. The normalized spacial score (nSPS) is 10.5. The van der Waals surface area contributed by atoms with Gasteiger partial charge in [0.05, 0.1) is 11.6 Å². The molecule has 5 nitrogen and oxygen atoms in total. The van der Waals surface area contributed by atoms with Crippen LogP contribution in [0.1, 0.15) is 12.5 Å². The summed E-state index contributed by atoms with van der Waals surface area (Å²) in [6, 6.07) is 2.35. The van der Waals surface area contributed by atoms with Gasteiger partial charge in [-0.2, -0.15) is 0 Å². The first kappa shape index (κ1) is 17.0. The SMILES string of the molecule is CCOC(=O)/C=C/c1cc(OCC(=O)NC)c(Cl)cc1F. The van der Waals surface area contributed by atoms with Gasteiger partial charge in [-0.25, -0.2) is 9.18 Å². The smallest absolute Gasteiger partial charge is 0.330 e. The summed E-state index contributed by atoms with van der Waals surface area (Å²) in [7, 11) is 1.46. The van der Waals surface area contributed by atoms with Crippen molar-refractivity contribution in [2.75, 3.05) is 20.3 Å². The third-order valence-corrected chi connectivity index (χ3v) is 2.67. The first-order valence-electron chi connectivity index (χ1n) is 6.15. The molecule has 0 heterocycles. The number of rotatable bonds is 6. The minimum atomic E-state index is -0.618. The predicted molar refractivity (Wildman–Crippen MR) is 76.6 cm³/mol. The van der Waals surface area contributed by atoms with E-state index in [0.717, 1.165) is 12.1 Å². The lowest BCUT2D eigenvalue weighted by Gasteiger charge is -2.09. The molecule has 0 aliphatic heterocycles. The van der Waals surface area contributed by atoms with Crippen molar-refractivity contribution >= 4 is 29.6 Å². The lowest BCUT2D eigenvalue weighted by Crippen LogP contribution is -2.24. The zero-order valence-electron chi connectivity index (χ0n) is 11.6. The Morgan fingerprint density at radius 2 is 2.14 bits per heavy atom. The molecule has 0 atom stereocenters. The van der Waals surface area contributed by atoms with Gasteiger partial charge in [0.1, 0.15) is 11.6 Å². The maximum absolute atomic E-state index is 13.7. The molecule has 0 radical (unpaired) electrons. The largest absolute Gasteiger partial charge is 0.482 e. The van der Waals surface area contributed by atoms with Crippen LogP contribution < -0.4 is 10.1 Å². The average molecular weight is 316 g/mol. The number of amides is 1. The standard InChI is InChI=1S/C14H15ClFNO4/c1-3-20-14(19)5-4-9-6-12(10(15)7-11(9)16)21-8-13(18)17-2/h4-7H,3,8H2,1-2H3,(H,17,18)/b5-4+. The van der Waals surface area contributed by atoms with Crippen molar-refractivity contribution in [3.63, 3.8) is 0 Å². The van der Waals surface area contributed by atoms with E-state index in [9.17, 15) is 14.0 Å². The van der Waals surface area contributed by atoms with Gasteiger partial charge in [0.2, 0.25) is 0 Å². The number of hydrogen-bond donors (Lipinski definition) is 1. The van der Waals surface area contributed by atoms with Crippen LogP contribution in [0.5, 0.6) is 5.75 Å². The molecule has 114 valence electrons. The summed E-state index contributed by atoms with van der Waals surface area (Å²) in [5.41, 5.74) is 0.0966. The van der Waals surface area contributed by atoms with Crippen LogP contribution >= 0.6 is 11.6 Å². The topological polar surface area (TPSA) is 64.6 Å². The molecule has 0 bridgehead atoms. The van der Waals surface area contributed by atoms with Crippen LogP contribution in [0.25, 0.3) is 6.08 Å². The molecular formula is C14H15ClFNO4. The molecule has 0 aromatic heterocycles. The fraction of sp³-hybridized carbons (Fsp3) is 0.286. The zero-order chi connectivity index (χ0) is 15.8. The summed E-state index contributed by atoms with van der Waals surface area (Å²) in [4.78, 5) is 22.3. The quantitative estimate of drug-likeness (QED) is 0.645. The molecule has 21 heavy (non-hydrogen) atoms. The highest BCUT2D eigenvalue weighted by molar-refractivity contribution is 6.32. The van der Waals surface area contributed by atoms with Gasteiger partial charge in [-0.05, 0) is 25.1 Å². The first-order valence-corrected chi connectivity index (χ1v) is 6.53. The Labute approximate surface area is 126 Å². The minimum Gasteiger partial charge on any atom is -0.482 e. The van der Waals surface area contributed by atoms with Crippen molar-refractivity contribution in [3.05, 3.63) is 34.6 Å². The van der Waals surface area contributed by atoms with E-state index in [0.29, 0.717) is 0 Å². The van der Waals surface area contributed by atoms with Crippen LogP contribution in [0.2, 0.25) is 5.02 Å². The molecule has 0 saturated heterocycles. The van der Waals surface area contributed by atoms with E-state index < -0.39 is 11.8 Å². The number of benzene rings is 1. The van der Waals surface area contributed by atoms with Crippen LogP contribution in [0.4, 0.5) is 4.39 Å². The second kappa shape index (κ2) is 8.26. The third kappa shape index (κ3) is 5.43. The number of esters is 1. The minimum absolute atomic E-state index is 0.0321. The molecule has 0 unspecified atom stereocenters. The van der Waals surface area contributed by atoms with Gasteiger partial charge in [-0.15, -0.1) is 0 Å². The van der Waals surface area contributed by atoms with E-state index in [4.69, 9.17) is 21.1 Å². The number of carbonyl (C=O) groups excluding carboxylic acids is 2. The molecule has 0 aliphatic rings. The van der Waals surface area contributed by atoms with E-state index in [1.54, 1.807) is 6.92 Å². The molecular weight excluding hydrogens is 301 g/mol. The van der Waals surface area contributed by atoms with Crippen molar-refractivity contribution in [2.45, 2.75) is 6.92 Å². The second-order valence-corrected chi connectivity index (χ2v) is 4.26. The molecule has 0 fully saturated rings. The molecule has 0 saturated carbocycles. The molecule has 0 spiro atoms. The summed E-state index contributed by atoms with van der Waals surface area (Å²) in [5.74, 6) is -1.41. The van der Waals surface area contributed by atoms with E-state index in [1.807, 2.05) is 0 Å². The van der Waals surface area contributed by atoms with Gasteiger partial charge in [-0.3, -0.25) is 4.79 Å². The van der Waals surface area contributed by atoms with Crippen molar-refractivity contribution in [1.29, 1.82) is 0 Å². The van der Waals surface area contributed by atoms with E-state index in [2.05, 4.69) is 5.32 Å². The Kier molecular flexibility index (Phi) is 6.68. The number of carbonyl (C=O) groups is 2. The fourth-order valence-electron chi connectivity index (χ4n) is 1.35. The van der Waals surface area contributed by atoms with Gasteiger partial charge < -0.3 is 14.8 Å². The maximum atomic E-state index is 13.7. The summed E-state index contributed by atoms with van der Waals surface area (Å²) >= 11 is 5.83. The van der Waals surface area contributed by atoms with Crippen LogP contribution in [0.15, 0.2) is 18.2 Å².